The van der Waals surface area contributed by atoms with Crippen molar-refractivity contribution in [3.05, 3.63) is 40.8 Å². The van der Waals surface area contributed by atoms with Crippen molar-refractivity contribution in [2.45, 2.75) is 0 Å². The Labute approximate surface area is 126 Å². The molecule has 0 spiro atoms. The monoisotopic (exact) mass is 316 g/mol. The zero-order valence-corrected chi connectivity index (χ0v) is 12.1. The number of hydrogen-bond donors (Lipinski definition) is 2. The van der Waals surface area contributed by atoms with Crippen molar-refractivity contribution >= 4 is 49.7 Å². The summed E-state index contributed by atoms with van der Waals surface area (Å²) in [6.07, 6.45) is 3.43. The molecule has 8 heteroatoms. The second-order valence-corrected chi connectivity index (χ2v) is 6.20. The number of aromatic nitrogens is 3. The number of pyridine rings is 1. The van der Waals surface area contributed by atoms with Crippen LogP contribution in [0.2, 0.25) is 0 Å². The molecular weight excluding hydrogens is 308 g/mol. The minimum Gasteiger partial charge on any atom is -0.504 e. The van der Waals surface area contributed by atoms with Crippen molar-refractivity contribution in [1.82, 2.24) is 14.4 Å². The highest BCUT2D eigenvalue weighted by atomic mass is 32.1. The van der Waals surface area contributed by atoms with Crippen LogP contribution in [0.1, 0.15) is 9.67 Å². The number of carbonyl (C=O) groups is 1. The number of rotatable bonds is 2. The first-order chi connectivity index (χ1) is 10.2. The maximum atomic E-state index is 12.2. The normalized spacial score (nSPS) is 11.2. The molecule has 0 aromatic carbocycles. The Balaban J connectivity index is 1.70. The van der Waals surface area contributed by atoms with E-state index >= 15 is 0 Å². The highest BCUT2D eigenvalue weighted by Crippen LogP contribution is 2.29. The Bertz CT molecular complexity index is 969. The van der Waals surface area contributed by atoms with Gasteiger partial charge in [0.25, 0.3) is 5.91 Å². The van der Waals surface area contributed by atoms with Crippen LogP contribution in [0, 0.1) is 0 Å². The maximum Gasteiger partial charge on any atom is 0.267 e. The molecule has 4 aromatic rings. The maximum absolute atomic E-state index is 12.2. The minimum absolute atomic E-state index is 0.0610. The number of aromatic hydroxyl groups is 1. The summed E-state index contributed by atoms with van der Waals surface area (Å²) in [5.74, 6) is -0.220. The zero-order valence-electron chi connectivity index (χ0n) is 10.5. The fraction of sp³-hybridized carbons (Fsp3) is 0. The van der Waals surface area contributed by atoms with E-state index in [-0.39, 0.29) is 17.5 Å². The van der Waals surface area contributed by atoms with Crippen LogP contribution in [0.25, 0.3) is 15.3 Å². The Hall–Kier alpha value is -2.45. The lowest BCUT2D eigenvalue weighted by atomic mass is 10.4. The first-order valence-corrected chi connectivity index (χ1v) is 7.72. The molecule has 0 radical (unpaired) electrons. The van der Waals surface area contributed by atoms with Gasteiger partial charge in [-0.15, -0.1) is 22.7 Å². The fourth-order valence-corrected chi connectivity index (χ4v) is 3.72. The predicted molar refractivity (Wildman–Crippen MR) is 82.3 cm³/mol. The van der Waals surface area contributed by atoms with Gasteiger partial charge in [0.05, 0.1) is 10.4 Å². The smallest absolute Gasteiger partial charge is 0.267 e. The Morgan fingerprint density at radius 1 is 1.43 bits per heavy atom. The van der Waals surface area contributed by atoms with E-state index < -0.39 is 0 Å². The van der Waals surface area contributed by atoms with E-state index in [4.69, 9.17) is 0 Å². The van der Waals surface area contributed by atoms with Crippen molar-refractivity contribution in [3.63, 3.8) is 0 Å². The third-order valence-corrected chi connectivity index (χ3v) is 4.76. The molecule has 104 valence electrons. The van der Waals surface area contributed by atoms with Gasteiger partial charge in [0, 0.05) is 17.8 Å². The van der Waals surface area contributed by atoms with Crippen molar-refractivity contribution in [3.8, 4) is 5.75 Å². The molecule has 4 heterocycles. The van der Waals surface area contributed by atoms with Crippen LogP contribution in [-0.4, -0.2) is 25.4 Å². The van der Waals surface area contributed by atoms with Gasteiger partial charge in [0.15, 0.2) is 16.5 Å². The van der Waals surface area contributed by atoms with Gasteiger partial charge in [-0.1, -0.05) is 0 Å². The average Bonchev–Trinajstić information content (AvgIpc) is 3.12. The topological polar surface area (TPSA) is 79.5 Å². The van der Waals surface area contributed by atoms with Crippen molar-refractivity contribution < 1.29 is 9.90 Å². The van der Waals surface area contributed by atoms with E-state index in [0.717, 1.165) is 15.3 Å². The molecule has 4 aromatic heterocycles. The first kappa shape index (κ1) is 12.3. The molecule has 0 aliphatic heterocycles. The second kappa shape index (κ2) is 4.54. The molecule has 0 unspecified atom stereocenters. The third kappa shape index (κ3) is 1.96. The van der Waals surface area contributed by atoms with Crippen molar-refractivity contribution in [2.75, 3.05) is 5.32 Å². The lowest BCUT2D eigenvalue weighted by Crippen LogP contribution is -2.11. The molecular formula is C13H8N4O2S2. The van der Waals surface area contributed by atoms with E-state index in [0.29, 0.717) is 4.88 Å². The van der Waals surface area contributed by atoms with Gasteiger partial charge < -0.3 is 10.4 Å². The average molecular weight is 316 g/mol. The summed E-state index contributed by atoms with van der Waals surface area (Å²) < 4.78 is 1.95. The summed E-state index contributed by atoms with van der Waals surface area (Å²) in [6.45, 7) is 0. The SMILES string of the molecule is O=C(Nc1ncccc1O)c1cc2c(nc3sccn32)s1. The summed E-state index contributed by atoms with van der Waals surface area (Å²) >= 11 is 2.87. The quantitative estimate of drug-likeness (QED) is 0.596. The number of hydrogen-bond acceptors (Lipinski definition) is 6. The number of anilines is 1. The minimum atomic E-state index is -0.309. The standard InChI is InChI=1S/C13H8N4O2S2/c18-8-2-1-3-14-10(8)15-11(19)9-6-7-12(21-9)16-13-17(7)4-5-20-13/h1-6,18H,(H,14,15,19). The molecule has 0 fully saturated rings. The van der Waals surface area contributed by atoms with Crippen LogP contribution >= 0.6 is 22.7 Å². The summed E-state index contributed by atoms with van der Waals surface area (Å²) in [5, 5.41) is 14.2. The summed E-state index contributed by atoms with van der Waals surface area (Å²) in [5.41, 5.74) is 0.909. The number of thiazole rings is 1. The summed E-state index contributed by atoms with van der Waals surface area (Å²) in [6, 6.07) is 4.86. The molecule has 0 aliphatic carbocycles. The molecule has 4 rings (SSSR count). The number of thiophene rings is 1. The van der Waals surface area contributed by atoms with Crippen LogP contribution < -0.4 is 5.32 Å². The van der Waals surface area contributed by atoms with E-state index in [9.17, 15) is 9.90 Å². The lowest BCUT2D eigenvalue weighted by molar-refractivity contribution is 0.102. The highest BCUT2D eigenvalue weighted by molar-refractivity contribution is 7.21. The van der Waals surface area contributed by atoms with Gasteiger partial charge >= 0.3 is 0 Å². The molecule has 0 saturated carbocycles. The number of fused-ring (bicyclic) bond motifs is 3. The van der Waals surface area contributed by atoms with Crippen LogP contribution in [0.4, 0.5) is 5.82 Å². The van der Waals surface area contributed by atoms with Crippen molar-refractivity contribution in [1.29, 1.82) is 0 Å². The number of amides is 1. The predicted octanol–water partition coefficient (Wildman–Crippen LogP) is 2.96. The number of nitrogens with one attached hydrogen (secondary N) is 1. The van der Waals surface area contributed by atoms with Gasteiger partial charge in [-0.3, -0.25) is 9.20 Å². The van der Waals surface area contributed by atoms with Crippen molar-refractivity contribution in [2.24, 2.45) is 0 Å². The van der Waals surface area contributed by atoms with Gasteiger partial charge in [0.1, 0.15) is 4.83 Å². The molecule has 0 aliphatic rings. The number of carbonyl (C=O) groups excluding carboxylic acids is 1. The Morgan fingerprint density at radius 2 is 2.33 bits per heavy atom. The Morgan fingerprint density at radius 3 is 3.19 bits per heavy atom. The second-order valence-electron chi connectivity index (χ2n) is 4.29. The van der Waals surface area contributed by atoms with Crippen LogP contribution in [0.15, 0.2) is 36.0 Å². The third-order valence-electron chi connectivity index (χ3n) is 2.98. The van der Waals surface area contributed by atoms with E-state index in [1.807, 2.05) is 16.0 Å². The molecule has 0 saturated heterocycles. The molecule has 6 nitrogen and oxygen atoms in total. The summed E-state index contributed by atoms with van der Waals surface area (Å²) in [7, 11) is 0. The van der Waals surface area contributed by atoms with Gasteiger partial charge in [-0.25, -0.2) is 9.97 Å². The van der Waals surface area contributed by atoms with Crippen LogP contribution in [-0.2, 0) is 0 Å². The molecule has 0 atom stereocenters. The van der Waals surface area contributed by atoms with Crippen LogP contribution in [0.3, 0.4) is 0 Å². The van der Waals surface area contributed by atoms with Gasteiger partial charge in [-0.2, -0.15) is 0 Å². The fourth-order valence-electron chi connectivity index (χ4n) is 2.02. The first-order valence-electron chi connectivity index (χ1n) is 6.03. The lowest BCUT2D eigenvalue weighted by Gasteiger charge is -2.03. The molecule has 0 bridgehead atoms. The zero-order chi connectivity index (χ0) is 14.4. The number of nitrogens with zero attached hydrogens (tertiary/aromatic N) is 3. The van der Waals surface area contributed by atoms with E-state index in [1.165, 1.54) is 23.6 Å². The molecule has 2 N–H and O–H groups in total. The molecule has 1 amide bonds. The van der Waals surface area contributed by atoms with Crippen LogP contribution in [0.5, 0.6) is 5.75 Å². The summed E-state index contributed by atoms with van der Waals surface area (Å²) in [4.78, 5) is 22.9. The van der Waals surface area contributed by atoms with E-state index in [1.54, 1.807) is 23.5 Å². The van der Waals surface area contributed by atoms with Gasteiger partial charge in [0.2, 0.25) is 0 Å². The number of imidazole rings is 1. The highest BCUT2D eigenvalue weighted by Gasteiger charge is 2.16. The van der Waals surface area contributed by atoms with Gasteiger partial charge in [-0.05, 0) is 18.2 Å². The largest absolute Gasteiger partial charge is 0.504 e. The van der Waals surface area contributed by atoms with E-state index in [2.05, 4.69) is 15.3 Å². The Kier molecular flexibility index (Phi) is 2.66. The molecule has 21 heavy (non-hydrogen) atoms.